The first kappa shape index (κ1) is 28.3. The van der Waals surface area contributed by atoms with Crippen molar-refractivity contribution in [2.24, 2.45) is 0 Å². The minimum absolute atomic E-state index is 0.0534. The van der Waals surface area contributed by atoms with E-state index in [1.54, 1.807) is 18.2 Å². The number of ether oxygens (including phenoxy) is 1. The summed E-state index contributed by atoms with van der Waals surface area (Å²) in [5.74, 6) is -0.710. The highest BCUT2D eigenvalue weighted by atomic mass is 35.5. The van der Waals surface area contributed by atoms with Gasteiger partial charge in [0.05, 0.1) is 17.0 Å². The molecule has 1 N–H and O–H groups in total. The molecule has 1 aliphatic rings. The van der Waals surface area contributed by atoms with Gasteiger partial charge in [-0.3, -0.25) is 14.5 Å². The Morgan fingerprint density at radius 1 is 0.837 bits per heavy atom. The highest BCUT2D eigenvalue weighted by Gasteiger charge is 2.35. The Hall–Kier alpha value is -4.79. The molecule has 214 valence electrons. The third-order valence-electron chi connectivity index (χ3n) is 7.10. The highest BCUT2D eigenvalue weighted by molar-refractivity contribution is 8.18. The lowest BCUT2D eigenvalue weighted by Gasteiger charge is -2.13. The van der Waals surface area contributed by atoms with Crippen molar-refractivity contribution in [2.75, 3.05) is 0 Å². The third kappa shape index (κ3) is 6.35. The number of carboxylic acids is 1. The molecule has 9 heteroatoms. The number of halogens is 1. The molecule has 0 unspecified atom stereocenters. The summed E-state index contributed by atoms with van der Waals surface area (Å²) >= 11 is 7.00. The lowest BCUT2D eigenvalue weighted by atomic mass is 10.1. The van der Waals surface area contributed by atoms with Gasteiger partial charge in [0.1, 0.15) is 12.4 Å². The van der Waals surface area contributed by atoms with Crippen molar-refractivity contribution < 1.29 is 24.2 Å². The predicted octanol–water partition coefficient (Wildman–Crippen LogP) is 7.86. The largest absolute Gasteiger partial charge is 0.489 e. The van der Waals surface area contributed by atoms with Gasteiger partial charge >= 0.3 is 5.97 Å². The molecule has 5 aromatic rings. The van der Waals surface area contributed by atoms with Crippen LogP contribution in [0.4, 0.5) is 4.79 Å². The number of aromatic nitrogens is 1. The van der Waals surface area contributed by atoms with Crippen LogP contribution in [0, 0.1) is 0 Å². The number of carboxylic acid groups (broad SMARTS) is 1. The second-order valence-corrected chi connectivity index (χ2v) is 11.5. The first-order valence-electron chi connectivity index (χ1n) is 13.5. The van der Waals surface area contributed by atoms with E-state index in [0.717, 1.165) is 45.2 Å². The van der Waals surface area contributed by atoms with Crippen LogP contribution < -0.4 is 4.74 Å². The summed E-state index contributed by atoms with van der Waals surface area (Å²) in [4.78, 5) is 38.9. The molecule has 0 radical (unpaired) electrons. The van der Waals surface area contributed by atoms with E-state index in [0.29, 0.717) is 28.6 Å². The molecule has 6 rings (SSSR count). The van der Waals surface area contributed by atoms with Gasteiger partial charge < -0.3 is 14.4 Å². The van der Waals surface area contributed by atoms with Gasteiger partial charge in [-0.25, -0.2) is 4.79 Å². The zero-order valence-electron chi connectivity index (χ0n) is 22.8. The minimum atomic E-state index is -1.04. The Morgan fingerprint density at radius 2 is 1.53 bits per heavy atom. The van der Waals surface area contributed by atoms with Gasteiger partial charge in [-0.05, 0) is 83.1 Å². The summed E-state index contributed by atoms with van der Waals surface area (Å²) in [5, 5.41) is 10.3. The fraction of sp³-hybridized carbons (Fsp3) is 0.0882. The maximum Gasteiger partial charge on any atom is 0.335 e. The number of imide groups is 1. The van der Waals surface area contributed by atoms with Crippen molar-refractivity contribution in [2.45, 2.75) is 19.7 Å². The van der Waals surface area contributed by atoms with E-state index in [1.807, 2.05) is 78.9 Å². The van der Waals surface area contributed by atoms with Crippen molar-refractivity contribution in [3.63, 3.8) is 0 Å². The van der Waals surface area contributed by atoms with Gasteiger partial charge in [-0.1, -0.05) is 66.2 Å². The topological polar surface area (TPSA) is 88.8 Å². The number of carbonyl (C=O) groups is 3. The molecule has 0 atom stereocenters. The van der Waals surface area contributed by atoms with Crippen LogP contribution >= 0.6 is 23.4 Å². The van der Waals surface area contributed by atoms with Crippen LogP contribution in [-0.2, 0) is 24.5 Å². The van der Waals surface area contributed by atoms with E-state index >= 15 is 0 Å². The van der Waals surface area contributed by atoms with Crippen molar-refractivity contribution in [1.82, 2.24) is 9.47 Å². The summed E-state index contributed by atoms with van der Waals surface area (Å²) in [7, 11) is 0. The zero-order chi connectivity index (χ0) is 29.9. The normalized spacial score (nSPS) is 14.2. The van der Waals surface area contributed by atoms with Gasteiger partial charge in [0.15, 0.2) is 0 Å². The fourth-order valence-corrected chi connectivity index (χ4v) is 5.82. The number of carbonyl (C=O) groups excluding carboxylic acids is 2. The molecule has 43 heavy (non-hydrogen) atoms. The van der Waals surface area contributed by atoms with Crippen LogP contribution in [-0.4, -0.2) is 31.7 Å². The number of hydrogen-bond acceptors (Lipinski definition) is 5. The molecule has 1 fully saturated rings. The molecule has 4 aromatic carbocycles. The van der Waals surface area contributed by atoms with Crippen molar-refractivity contribution in [3.05, 3.63) is 141 Å². The molecular formula is C34H25ClN2O5S. The van der Waals surface area contributed by atoms with E-state index in [4.69, 9.17) is 21.4 Å². The summed E-state index contributed by atoms with van der Waals surface area (Å²) in [5.41, 5.74) is 4.61. The van der Waals surface area contributed by atoms with Crippen LogP contribution in [0.3, 0.4) is 0 Å². The average molecular weight is 609 g/mol. The summed E-state index contributed by atoms with van der Waals surface area (Å²) in [6.45, 7) is 1.02. The number of thioether (sulfide) groups is 1. The number of aromatic carboxylic acids is 1. The van der Waals surface area contributed by atoms with Gasteiger partial charge in [0, 0.05) is 28.2 Å². The smallest absolute Gasteiger partial charge is 0.335 e. The second kappa shape index (κ2) is 12.2. The number of benzene rings is 4. The quantitative estimate of drug-likeness (QED) is 0.171. The van der Waals surface area contributed by atoms with E-state index in [-0.39, 0.29) is 17.3 Å². The van der Waals surface area contributed by atoms with Crippen LogP contribution in [0.5, 0.6) is 5.75 Å². The van der Waals surface area contributed by atoms with Gasteiger partial charge in [0.2, 0.25) is 0 Å². The molecule has 0 saturated carbocycles. The molecule has 2 heterocycles. The lowest BCUT2D eigenvalue weighted by molar-refractivity contribution is -0.123. The van der Waals surface area contributed by atoms with E-state index in [2.05, 4.69) is 4.57 Å². The molecule has 0 bridgehead atoms. The standard InChI is InChI=1S/C34H25ClN2O5S/c35-27-12-8-23(9-13-27)19-36-28(16-26-17-29(14-15-30(26)36)42-21-24-4-2-1-3-5-24)18-31-32(38)37(34(41)43-31)20-22-6-10-25(11-7-22)33(39)40/h1-18H,19-21H2,(H,39,40)/b31-18+. The molecule has 0 aliphatic carbocycles. The maximum atomic E-state index is 13.4. The van der Waals surface area contributed by atoms with Crippen LogP contribution in [0.15, 0.2) is 108 Å². The number of nitrogens with zero attached hydrogens (tertiary/aromatic N) is 2. The Balaban J connectivity index is 1.30. The summed E-state index contributed by atoms with van der Waals surface area (Å²) in [6.07, 6.45) is 1.75. The van der Waals surface area contributed by atoms with Gasteiger partial charge in [-0.15, -0.1) is 0 Å². The predicted molar refractivity (Wildman–Crippen MR) is 168 cm³/mol. The number of fused-ring (bicyclic) bond motifs is 1. The Morgan fingerprint density at radius 3 is 2.26 bits per heavy atom. The van der Waals surface area contributed by atoms with Gasteiger partial charge in [-0.2, -0.15) is 0 Å². The lowest BCUT2D eigenvalue weighted by Crippen LogP contribution is -2.27. The molecule has 7 nitrogen and oxygen atoms in total. The monoisotopic (exact) mass is 608 g/mol. The fourth-order valence-electron chi connectivity index (χ4n) is 4.88. The first-order valence-corrected chi connectivity index (χ1v) is 14.7. The van der Waals surface area contributed by atoms with Crippen molar-refractivity contribution in [1.29, 1.82) is 0 Å². The SMILES string of the molecule is O=C(O)c1ccc(CN2C(=O)S/C(=C/c3cc4cc(OCc5ccccc5)ccc4n3Cc3ccc(Cl)cc3)C2=O)cc1. The molecule has 0 spiro atoms. The van der Waals surface area contributed by atoms with Crippen LogP contribution in [0.2, 0.25) is 5.02 Å². The van der Waals surface area contributed by atoms with Crippen LogP contribution in [0.1, 0.15) is 32.7 Å². The molecule has 2 amide bonds. The Labute approximate surface area is 257 Å². The highest BCUT2D eigenvalue weighted by Crippen LogP contribution is 2.35. The summed E-state index contributed by atoms with van der Waals surface area (Å²) in [6, 6.07) is 31.5. The zero-order valence-corrected chi connectivity index (χ0v) is 24.3. The van der Waals surface area contributed by atoms with E-state index in [9.17, 15) is 14.4 Å². The summed E-state index contributed by atoms with van der Waals surface area (Å²) < 4.78 is 8.15. The second-order valence-electron chi connectivity index (χ2n) is 10.0. The van der Waals surface area contributed by atoms with E-state index < -0.39 is 11.9 Å². The average Bonchev–Trinajstić information content (AvgIpc) is 3.48. The molecule has 1 saturated heterocycles. The number of rotatable bonds is 9. The number of hydrogen-bond donors (Lipinski definition) is 1. The van der Waals surface area contributed by atoms with Gasteiger partial charge in [0.25, 0.3) is 11.1 Å². The van der Waals surface area contributed by atoms with Crippen molar-refractivity contribution >= 4 is 57.5 Å². The van der Waals surface area contributed by atoms with Crippen molar-refractivity contribution in [3.8, 4) is 5.75 Å². The number of amides is 2. The van der Waals surface area contributed by atoms with E-state index in [1.165, 1.54) is 17.0 Å². The van der Waals surface area contributed by atoms with Crippen LogP contribution in [0.25, 0.3) is 17.0 Å². The Kier molecular flexibility index (Phi) is 8.05. The maximum absolute atomic E-state index is 13.4. The molecule has 1 aliphatic heterocycles. The Bertz CT molecular complexity index is 1870. The molecular weight excluding hydrogens is 584 g/mol. The third-order valence-corrected chi connectivity index (χ3v) is 8.26. The molecule has 1 aromatic heterocycles. The minimum Gasteiger partial charge on any atom is -0.489 e. The first-order chi connectivity index (χ1) is 20.8.